The Morgan fingerprint density at radius 2 is 1.76 bits per heavy atom. The molecule has 0 spiro atoms. The molecule has 0 fully saturated rings. The molecule has 226 valence electrons. The van der Waals surface area contributed by atoms with E-state index in [0.717, 1.165) is 54.3 Å². The summed E-state index contributed by atoms with van der Waals surface area (Å²) in [6, 6.07) is 14.6. The zero-order chi connectivity index (χ0) is 30.4. The Labute approximate surface area is 250 Å². The molecule has 8 heteroatoms. The predicted molar refractivity (Wildman–Crippen MR) is 167 cm³/mol. The highest BCUT2D eigenvalue weighted by Gasteiger charge is 2.25. The number of hydrogen-bond acceptors (Lipinski definition) is 6. The number of benzene rings is 2. The third-order valence-electron chi connectivity index (χ3n) is 7.57. The zero-order valence-electron chi connectivity index (χ0n) is 26.0. The number of carbonyl (C=O) groups excluding carboxylic acids is 1. The summed E-state index contributed by atoms with van der Waals surface area (Å²) in [5.74, 6) is 1.03. The number of amides is 1. The van der Waals surface area contributed by atoms with Gasteiger partial charge in [0.15, 0.2) is 0 Å². The molecule has 0 saturated heterocycles. The smallest absolute Gasteiger partial charge is 0.256 e. The van der Waals surface area contributed by atoms with Crippen LogP contribution in [0.3, 0.4) is 0 Å². The third kappa shape index (κ3) is 7.59. The van der Waals surface area contributed by atoms with Crippen molar-refractivity contribution in [1.29, 1.82) is 0 Å². The minimum atomic E-state index is -0.293. The van der Waals surface area contributed by atoms with Crippen LogP contribution in [0.2, 0.25) is 0 Å². The van der Waals surface area contributed by atoms with Gasteiger partial charge in [-0.3, -0.25) is 14.7 Å². The molecule has 1 aliphatic heterocycles. The molecule has 0 atom stereocenters. The van der Waals surface area contributed by atoms with E-state index in [1.807, 2.05) is 49.1 Å². The molecule has 0 unspecified atom stereocenters. The minimum Gasteiger partial charge on any atom is -0.497 e. The highest BCUT2D eigenvalue weighted by molar-refractivity contribution is 5.96. The maximum Gasteiger partial charge on any atom is 0.256 e. The molecule has 42 heavy (non-hydrogen) atoms. The van der Waals surface area contributed by atoms with Crippen LogP contribution in [0.25, 0.3) is 11.3 Å². The van der Waals surface area contributed by atoms with Crippen molar-refractivity contribution >= 4 is 11.6 Å². The van der Waals surface area contributed by atoms with E-state index in [1.54, 1.807) is 13.2 Å². The number of carbonyl (C=O) groups is 1. The van der Waals surface area contributed by atoms with E-state index in [0.29, 0.717) is 36.2 Å². The summed E-state index contributed by atoms with van der Waals surface area (Å²) in [6.07, 6.45) is 0.904. The van der Waals surface area contributed by atoms with Crippen molar-refractivity contribution in [3.05, 3.63) is 71.2 Å². The maximum atomic E-state index is 14.3. The van der Waals surface area contributed by atoms with Gasteiger partial charge in [0.2, 0.25) is 0 Å². The molecule has 1 N–H and O–H groups in total. The van der Waals surface area contributed by atoms with E-state index in [1.165, 1.54) is 12.1 Å². The highest BCUT2D eigenvalue weighted by atomic mass is 19.1. The molecule has 0 aliphatic carbocycles. The van der Waals surface area contributed by atoms with E-state index < -0.39 is 0 Å². The van der Waals surface area contributed by atoms with Gasteiger partial charge in [-0.25, -0.2) is 4.39 Å². The van der Waals surface area contributed by atoms with Crippen LogP contribution in [-0.2, 0) is 6.54 Å². The molecule has 0 saturated carbocycles. The van der Waals surface area contributed by atoms with E-state index in [2.05, 4.69) is 37.9 Å². The summed E-state index contributed by atoms with van der Waals surface area (Å²) in [5, 5.41) is 3.40. The average molecular weight is 577 g/mol. The zero-order valence-corrected chi connectivity index (χ0v) is 26.0. The lowest BCUT2D eigenvalue weighted by Crippen LogP contribution is -2.41. The van der Waals surface area contributed by atoms with Crippen molar-refractivity contribution in [3.8, 4) is 22.8 Å². The van der Waals surface area contributed by atoms with Crippen molar-refractivity contribution in [2.45, 2.75) is 72.6 Å². The van der Waals surface area contributed by atoms with Gasteiger partial charge in [-0.1, -0.05) is 19.9 Å². The number of nitrogens with one attached hydrogen (secondary N) is 1. The van der Waals surface area contributed by atoms with Crippen molar-refractivity contribution in [3.63, 3.8) is 0 Å². The predicted octanol–water partition coefficient (Wildman–Crippen LogP) is 6.98. The molecule has 2 heterocycles. The Bertz CT molecular complexity index is 1370. The Morgan fingerprint density at radius 1 is 0.976 bits per heavy atom. The number of pyridine rings is 1. The number of rotatable bonds is 7. The largest absolute Gasteiger partial charge is 0.497 e. The normalized spacial score (nSPS) is 14.9. The van der Waals surface area contributed by atoms with Gasteiger partial charge in [0.1, 0.15) is 17.3 Å². The second kappa shape index (κ2) is 14.0. The van der Waals surface area contributed by atoms with E-state index in [4.69, 9.17) is 14.5 Å². The Kier molecular flexibility index (Phi) is 10.4. The van der Waals surface area contributed by atoms with Gasteiger partial charge in [-0.05, 0) is 82.0 Å². The molecule has 1 aliphatic rings. The van der Waals surface area contributed by atoms with E-state index in [9.17, 15) is 9.18 Å². The molecular weight excluding hydrogens is 531 g/mol. The second-order valence-corrected chi connectivity index (χ2v) is 11.8. The molecule has 1 amide bonds. The van der Waals surface area contributed by atoms with Crippen molar-refractivity contribution in [1.82, 2.24) is 14.8 Å². The molecule has 4 rings (SSSR count). The number of aromatic nitrogens is 1. The second-order valence-electron chi connectivity index (χ2n) is 11.8. The number of ether oxygens (including phenoxy) is 2. The van der Waals surface area contributed by atoms with Crippen molar-refractivity contribution < 1.29 is 18.7 Å². The SMILES string of the molecule is COc1ccc(-c2ccc(C(=O)N3CCN(C(C)C)CCCNc4cc(F)ccc4C3)c(C(C)C)n2)c(OC(C)C)c1. The first kappa shape index (κ1) is 31.3. The first-order chi connectivity index (χ1) is 20.1. The topological polar surface area (TPSA) is 66.9 Å². The van der Waals surface area contributed by atoms with E-state index in [-0.39, 0.29) is 23.7 Å². The molecule has 7 nitrogen and oxygen atoms in total. The van der Waals surface area contributed by atoms with Crippen LogP contribution < -0.4 is 14.8 Å². The number of halogens is 1. The Morgan fingerprint density at radius 3 is 2.45 bits per heavy atom. The van der Waals surface area contributed by atoms with Gasteiger partial charge in [-0.15, -0.1) is 0 Å². The van der Waals surface area contributed by atoms with Crippen LogP contribution in [0.5, 0.6) is 11.5 Å². The van der Waals surface area contributed by atoms with E-state index >= 15 is 0 Å². The molecule has 3 aromatic rings. The highest BCUT2D eigenvalue weighted by Crippen LogP contribution is 2.35. The van der Waals surface area contributed by atoms with Crippen LogP contribution in [0, 0.1) is 5.82 Å². The molecule has 1 aromatic heterocycles. The third-order valence-corrected chi connectivity index (χ3v) is 7.57. The lowest BCUT2D eigenvalue weighted by molar-refractivity contribution is 0.0710. The number of hydrogen-bond donors (Lipinski definition) is 1. The summed E-state index contributed by atoms with van der Waals surface area (Å²) < 4.78 is 25.7. The van der Waals surface area contributed by atoms with Crippen molar-refractivity contribution in [2.75, 3.05) is 38.6 Å². The quantitative estimate of drug-likeness (QED) is 0.328. The van der Waals surface area contributed by atoms with Gasteiger partial charge in [0.05, 0.1) is 30.2 Å². The van der Waals surface area contributed by atoms with Crippen LogP contribution in [0.1, 0.15) is 75.5 Å². The first-order valence-corrected chi connectivity index (χ1v) is 15.0. The lowest BCUT2D eigenvalue weighted by Gasteiger charge is -2.30. The monoisotopic (exact) mass is 576 g/mol. The minimum absolute atomic E-state index is 0.00996. The Hall–Kier alpha value is -3.65. The van der Waals surface area contributed by atoms with Gasteiger partial charge in [-0.2, -0.15) is 0 Å². The lowest BCUT2D eigenvalue weighted by atomic mass is 9.99. The average Bonchev–Trinajstić information content (AvgIpc) is 2.99. The standard InChI is InChI=1S/C34H45FN4O3/c1-22(2)33-29(13-14-30(37-33)28-12-11-27(41-7)20-32(28)42-24(5)6)34(40)39-18-17-38(23(3)4)16-8-15-36-31-19-26(35)10-9-25(31)21-39/h9-14,19-20,22-24,36H,8,15-18,21H2,1-7H3. The molecule has 2 aromatic carbocycles. The van der Waals surface area contributed by atoms with Crippen molar-refractivity contribution in [2.24, 2.45) is 0 Å². The van der Waals surface area contributed by atoms with Crippen LogP contribution >= 0.6 is 0 Å². The molecular formula is C34H45FN4O3. The molecule has 0 bridgehead atoms. The van der Waals surface area contributed by atoms with Gasteiger partial charge < -0.3 is 19.7 Å². The number of nitrogens with zero attached hydrogens (tertiary/aromatic N) is 3. The fraction of sp³-hybridized carbons (Fsp3) is 0.471. The summed E-state index contributed by atoms with van der Waals surface area (Å²) >= 11 is 0. The summed E-state index contributed by atoms with van der Waals surface area (Å²) in [5.41, 5.74) is 4.53. The van der Waals surface area contributed by atoms with Gasteiger partial charge >= 0.3 is 0 Å². The fourth-order valence-electron chi connectivity index (χ4n) is 5.30. The first-order valence-electron chi connectivity index (χ1n) is 15.0. The molecule has 0 radical (unpaired) electrons. The Balaban J connectivity index is 1.74. The summed E-state index contributed by atoms with van der Waals surface area (Å²) in [4.78, 5) is 23.6. The summed E-state index contributed by atoms with van der Waals surface area (Å²) in [7, 11) is 1.63. The van der Waals surface area contributed by atoms with Crippen LogP contribution in [0.15, 0.2) is 48.5 Å². The fourth-order valence-corrected chi connectivity index (χ4v) is 5.30. The van der Waals surface area contributed by atoms with Gasteiger partial charge in [0.25, 0.3) is 5.91 Å². The van der Waals surface area contributed by atoms with Gasteiger partial charge in [0, 0.05) is 56.1 Å². The number of anilines is 1. The maximum absolute atomic E-state index is 14.3. The van der Waals surface area contributed by atoms with Crippen LogP contribution in [-0.4, -0.2) is 66.1 Å². The number of methoxy groups -OCH3 is 1. The number of fused-ring (bicyclic) bond motifs is 1. The van der Waals surface area contributed by atoms with Crippen LogP contribution in [0.4, 0.5) is 10.1 Å². The summed E-state index contributed by atoms with van der Waals surface area (Å²) in [6.45, 7) is 15.7.